The standard InChI is InChI=1S/C32H43N3O6Si/c1-32(2,3)42(4,5)41-20-24(19-28(36)37)33-30(39)27-17-16-25-12-8-9-13-26(31(40)35(25)27)34-29(38)23-15-14-21-10-6-7-11-22(21)18-23/h6-11,14-15,18,24-27H,12-13,16-17,19-20H2,1-5H3,(H,33,39)(H,34,38)(H,36,37). The predicted octanol–water partition coefficient (Wildman–Crippen LogP) is 4.63. The molecule has 4 rings (SSSR count). The van der Waals surface area contributed by atoms with E-state index in [4.69, 9.17) is 4.43 Å². The molecule has 1 saturated heterocycles. The molecule has 2 heterocycles. The molecular weight excluding hydrogens is 550 g/mol. The Labute approximate surface area is 248 Å². The van der Waals surface area contributed by atoms with Gasteiger partial charge in [-0.05, 0) is 66.7 Å². The van der Waals surface area contributed by atoms with Gasteiger partial charge in [-0.1, -0.05) is 63.3 Å². The molecule has 0 spiro atoms. The third kappa shape index (κ3) is 7.28. The van der Waals surface area contributed by atoms with Gasteiger partial charge in [0, 0.05) is 11.6 Å². The molecule has 42 heavy (non-hydrogen) atoms. The van der Waals surface area contributed by atoms with E-state index >= 15 is 0 Å². The van der Waals surface area contributed by atoms with Gasteiger partial charge in [0.05, 0.1) is 19.1 Å². The second-order valence-corrected chi connectivity index (χ2v) is 17.7. The molecule has 10 heteroatoms. The molecule has 4 unspecified atom stereocenters. The van der Waals surface area contributed by atoms with Crippen LogP contribution in [0.1, 0.15) is 63.2 Å². The number of carboxylic acid groups (broad SMARTS) is 1. The van der Waals surface area contributed by atoms with Crippen LogP contribution in [0.5, 0.6) is 0 Å². The number of nitrogens with zero attached hydrogens (tertiary/aromatic N) is 1. The Morgan fingerprint density at radius 3 is 2.43 bits per heavy atom. The number of rotatable bonds is 9. The molecule has 2 aromatic rings. The van der Waals surface area contributed by atoms with Crippen LogP contribution in [0.15, 0.2) is 54.6 Å². The van der Waals surface area contributed by atoms with Crippen LogP contribution in [0.25, 0.3) is 10.8 Å². The molecule has 0 aliphatic carbocycles. The summed E-state index contributed by atoms with van der Waals surface area (Å²) >= 11 is 0. The first-order valence-electron chi connectivity index (χ1n) is 14.7. The molecule has 0 radical (unpaired) electrons. The highest BCUT2D eigenvalue weighted by molar-refractivity contribution is 6.74. The van der Waals surface area contributed by atoms with E-state index in [2.05, 4.69) is 44.5 Å². The van der Waals surface area contributed by atoms with Crippen LogP contribution in [0.4, 0.5) is 0 Å². The van der Waals surface area contributed by atoms with Gasteiger partial charge in [0.15, 0.2) is 8.32 Å². The van der Waals surface area contributed by atoms with E-state index in [1.807, 2.05) is 42.5 Å². The van der Waals surface area contributed by atoms with Gasteiger partial charge in [-0.25, -0.2) is 0 Å². The van der Waals surface area contributed by atoms with E-state index in [0.29, 0.717) is 31.2 Å². The SMILES string of the molecule is CC(C)(C)[Si](C)(C)OCC(CC(=O)O)NC(=O)C1CCC2CC=CCC(NC(=O)c3ccc4ccccc4c3)C(=O)N21. The summed E-state index contributed by atoms with van der Waals surface area (Å²) in [5.74, 6) is -2.08. The molecule has 4 atom stereocenters. The zero-order valence-electron chi connectivity index (χ0n) is 25.2. The fourth-order valence-electron chi connectivity index (χ4n) is 5.35. The monoisotopic (exact) mass is 593 g/mol. The summed E-state index contributed by atoms with van der Waals surface area (Å²) in [7, 11) is -2.18. The number of carbonyl (C=O) groups excluding carboxylic acids is 3. The van der Waals surface area contributed by atoms with Gasteiger partial charge in [-0.2, -0.15) is 0 Å². The Kier molecular flexibility index (Phi) is 9.57. The predicted molar refractivity (Wildman–Crippen MR) is 165 cm³/mol. The normalized spacial score (nSPS) is 21.8. The quantitative estimate of drug-likeness (QED) is 0.288. The van der Waals surface area contributed by atoms with Crippen molar-refractivity contribution in [3.05, 3.63) is 60.2 Å². The summed E-state index contributed by atoms with van der Waals surface area (Å²) in [6, 6.07) is 10.7. The van der Waals surface area contributed by atoms with E-state index in [9.17, 15) is 24.3 Å². The highest BCUT2D eigenvalue weighted by atomic mass is 28.4. The molecule has 2 aliphatic heterocycles. The number of carboxylic acids is 1. The zero-order valence-corrected chi connectivity index (χ0v) is 26.2. The molecule has 2 aliphatic rings. The smallest absolute Gasteiger partial charge is 0.305 e. The van der Waals surface area contributed by atoms with Gasteiger partial charge in [0.1, 0.15) is 12.1 Å². The third-order valence-electron chi connectivity index (χ3n) is 8.84. The first-order valence-corrected chi connectivity index (χ1v) is 17.6. The Morgan fingerprint density at radius 2 is 1.74 bits per heavy atom. The lowest BCUT2D eigenvalue weighted by Crippen LogP contribution is -2.57. The first-order chi connectivity index (χ1) is 19.8. The maximum absolute atomic E-state index is 13.9. The molecule has 3 N–H and O–H groups in total. The van der Waals surface area contributed by atoms with E-state index in [1.54, 1.807) is 17.0 Å². The summed E-state index contributed by atoms with van der Waals surface area (Å²) in [6.07, 6.45) is 5.67. The fraction of sp³-hybridized carbons (Fsp3) is 0.500. The average Bonchev–Trinajstić information content (AvgIpc) is 3.34. The lowest BCUT2D eigenvalue weighted by molar-refractivity contribution is -0.143. The summed E-state index contributed by atoms with van der Waals surface area (Å²) in [4.78, 5) is 53.9. The third-order valence-corrected chi connectivity index (χ3v) is 13.3. The van der Waals surface area contributed by atoms with Crippen molar-refractivity contribution in [2.24, 2.45) is 0 Å². The minimum absolute atomic E-state index is 0.0692. The lowest BCUT2D eigenvalue weighted by Gasteiger charge is -2.37. The highest BCUT2D eigenvalue weighted by Gasteiger charge is 2.44. The molecule has 0 aromatic heterocycles. The fourth-order valence-corrected chi connectivity index (χ4v) is 6.40. The molecule has 1 fully saturated rings. The van der Waals surface area contributed by atoms with Crippen molar-refractivity contribution in [2.75, 3.05) is 6.61 Å². The summed E-state index contributed by atoms with van der Waals surface area (Å²) in [6.45, 7) is 10.5. The molecule has 226 valence electrons. The number of amides is 3. The summed E-state index contributed by atoms with van der Waals surface area (Å²) in [5.41, 5.74) is 0.457. The number of hydrogen-bond donors (Lipinski definition) is 3. The van der Waals surface area contributed by atoms with Crippen molar-refractivity contribution in [3.63, 3.8) is 0 Å². The van der Waals surface area contributed by atoms with Crippen molar-refractivity contribution in [1.82, 2.24) is 15.5 Å². The molecule has 9 nitrogen and oxygen atoms in total. The van der Waals surface area contributed by atoms with Crippen LogP contribution in [0.3, 0.4) is 0 Å². The van der Waals surface area contributed by atoms with E-state index in [-0.39, 0.29) is 41.8 Å². The van der Waals surface area contributed by atoms with Crippen molar-refractivity contribution in [2.45, 2.75) is 95.2 Å². The first kappa shape index (κ1) is 31.4. The second kappa shape index (κ2) is 12.8. The summed E-state index contributed by atoms with van der Waals surface area (Å²) < 4.78 is 6.24. The van der Waals surface area contributed by atoms with E-state index < -0.39 is 32.4 Å². The van der Waals surface area contributed by atoms with Crippen molar-refractivity contribution in [1.29, 1.82) is 0 Å². The Hall–Kier alpha value is -3.50. The topological polar surface area (TPSA) is 125 Å². The van der Waals surface area contributed by atoms with E-state index in [0.717, 1.165) is 10.8 Å². The number of nitrogens with one attached hydrogen (secondary N) is 2. The van der Waals surface area contributed by atoms with Crippen molar-refractivity contribution in [3.8, 4) is 0 Å². The van der Waals surface area contributed by atoms with E-state index in [1.165, 1.54) is 0 Å². The van der Waals surface area contributed by atoms with Gasteiger partial charge in [0.2, 0.25) is 11.8 Å². The van der Waals surface area contributed by atoms with Crippen LogP contribution >= 0.6 is 0 Å². The summed E-state index contributed by atoms with van der Waals surface area (Å²) in [5, 5.41) is 17.2. The molecule has 0 saturated carbocycles. The van der Waals surface area contributed by atoms with Gasteiger partial charge in [0.25, 0.3) is 5.91 Å². The largest absolute Gasteiger partial charge is 0.481 e. The Balaban J connectivity index is 1.48. The van der Waals surface area contributed by atoms with Crippen LogP contribution in [-0.4, -0.2) is 72.8 Å². The number of fused-ring (bicyclic) bond motifs is 2. The number of benzene rings is 2. The zero-order chi connectivity index (χ0) is 30.7. The molecule has 2 aromatic carbocycles. The maximum atomic E-state index is 13.9. The minimum Gasteiger partial charge on any atom is -0.481 e. The van der Waals surface area contributed by atoms with Crippen molar-refractivity contribution >= 4 is 42.8 Å². The van der Waals surface area contributed by atoms with Crippen LogP contribution < -0.4 is 10.6 Å². The van der Waals surface area contributed by atoms with Crippen LogP contribution in [0.2, 0.25) is 18.1 Å². The second-order valence-electron chi connectivity index (χ2n) is 12.9. The molecular formula is C32H43N3O6Si. The number of aliphatic carboxylic acids is 1. The molecule has 0 bridgehead atoms. The number of hydrogen-bond acceptors (Lipinski definition) is 5. The van der Waals surface area contributed by atoms with Gasteiger partial charge in [-0.3, -0.25) is 19.2 Å². The highest BCUT2D eigenvalue weighted by Crippen LogP contribution is 2.36. The average molecular weight is 594 g/mol. The Bertz CT molecular complexity index is 1370. The minimum atomic E-state index is -2.18. The van der Waals surface area contributed by atoms with Crippen LogP contribution in [-0.2, 0) is 18.8 Å². The van der Waals surface area contributed by atoms with Gasteiger partial charge in [-0.15, -0.1) is 0 Å². The number of carbonyl (C=O) groups is 4. The van der Waals surface area contributed by atoms with Gasteiger partial charge >= 0.3 is 5.97 Å². The van der Waals surface area contributed by atoms with Crippen LogP contribution in [0, 0.1) is 0 Å². The van der Waals surface area contributed by atoms with Gasteiger partial charge < -0.3 is 25.1 Å². The Morgan fingerprint density at radius 1 is 1.05 bits per heavy atom. The molecule has 3 amide bonds. The maximum Gasteiger partial charge on any atom is 0.305 e. The lowest BCUT2D eigenvalue weighted by atomic mass is 10.0. The van der Waals surface area contributed by atoms with Crippen molar-refractivity contribution < 1.29 is 28.7 Å².